The zero-order valence-electron chi connectivity index (χ0n) is 12.1. The number of hydrogen-bond acceptors (Lipinski definition) is 2. The number of thiophene rings is 1. The van der Waals surface area contributed by atoms with Gasteiger partial charge in [-0.1, -0.05) is 25.4 Å². The lowest BCUT2D eigenvalue weighted by Gasteiger charge is -2.19. The maximum atomic E-state index is 13.6. The molecule has 0 aliphatic rings. The summed E-state index contributed by atoms with van der Waals surface area (Å²) in [6.45, 7) is 4.93. The Hall–Kier alpha value is -0.970. The van der Waals surface area contributed by atoms with Gasteiger partial charge in [0.1, 0.15) is 0 Å². The lowest BCUT2D eigenvalue weighted by Crippen LogP contribution is -2.23. The highest BCUT2D eigenvalue weighted by Gasteiger charge is 2.20. The van der Waals surface area contributed by atoms with Crippen molar-refractivity contribution >= 4 is 22.9 Å². The second-order valence-electron chi connectivity index (χ2n) is 4.83. The molecule has 0 spiro atoms. The summed E-state index contributed by atoms with van der Waals surface area (Å²) in [5.41, 5.74) is 0.577. The van der Waals surface area contributed by atoms with Gasteiger partial charge in [0.15, 0.2) is 11.6 Å². The molecule has 2 rings (SSSR count). The van der Waals surface area contributed by atoms with Crippen LogP contribution in [0.1, 0.15) is 41.6 Å². The summed E-state index contributed by atoms with van der Waals surface area (Å²) in [6, 6.07) is 6.11. The van der Waals surface area contributed by atoms with Gasteiger partial charge in [0.2, 0.25) is 0 Å². The van der Waals surface area contributed by atoms with Crippen LogP contribution in [0, 0.1) is 11.6 Å². The van der Waals surface area contributed by atoms with Crippen LogP contribution >= 0.6 is 22.9 Å². The first-order valence-corrected chi connectivity index (χ1v) is 8.22. The molecule has 2 aromatic rings. The van der Waals surface area contributed by atoms with Gasteiger partial charge in [-0.05, 0) is 49.2 Å². The molecule has 0 amide bonds. The monoisotopic (exact) mass is 329 g/mol. The van der Waals surface area contributed by atoms with Crippen LogP contribution in [0.4, 0.5) is 8.78 Å². The van der Waals surface area contributed by atoms with Gasteiger partial charge in [0.05, 0.1) is 6.04 Å². The zero-order chi connectivity index (χ0) is 15.4. The Morgan fingerprint density at radius 2 is 1.90 bits per heavy atom. The van der Waals surface area contributed by atoms with E-state index < -0.39 is 11.6 Å². The van der Waals surface area contributed by atoms with Crippen molar-refractivity contribution in [2.45, 2.75) is 32.7 Å². The third kappa shape index (κ3) is 3.82. The predicted octanol–water partition coefficient (Wildman–Crippen LogP) is 5.33. The third-order valence-electron chi connectivity index (χ3n) is 3.26. The van der Waals surface area contributed by atoms with Gasteiger partial charge in [0.25, 0.3) is 0 Å². The van der Waals surface area contributed by atoms with Crippen LogP contribution in [0.25, 0.3) is 0 Å². The predicted molar refractivity (Wildman–Crippen MR) is 85.2 cm³/mol. The molecule has 1 heterocycles. The van der Waals surface area contributed by atoms with Gasteiger partial charge < -0.3 is 5.32 Å². The van der Waals surface area contributed by atoms with Gasteiger partial charge in [-0.15, -0.1) is 11.3 Å². The van der Waals surface area contributed by atoms with Gasteiger partial charge >= 0.3 is 0 Å². The molecular formula is C16H18ClF2NS. The molecule has 0 radical (unpaired) electrons. The highest BCUT2D eigenvalue weighted by molar-refractivity contribution is 7.12. The van der Waals surface area contributed by atoms with E-state index in [4.69, 9.17) is 11.6 Å². The van der Waals surface area contributed by atoms with Crippen molar-refractivity contribution in [2.24, 2.45) is 0 Å². The molecule has 0 aliphatic heterocycles. The highest BCUT2D eigenvalue weighted by atomic mass is 35.5. The van der Waals surface area contributed by atoms with Gasteiger partial charge in [-0.3, -0.25) is 0 Å². The first-order valence-electron chi connectivity index (χ1n) is 7.03. The zero-order valence-corrected chi connectivity index (χ0v) is 13.6. The van der Waals surface area contributed by atoms with Crippen molar-refractivity contribution in [1.82, 2.24) is 5.32 Å². The topological polar surface area (TPSA) is 12.0 Å². The Bertz CT molecular complexity index is 612. The number of benzene rings is 1. The molecule has 1 aromatic heterocycles. The fourth-order valence-corrected chi connectivity index (χ4v) is 3.46. The number of halogens is 3. The lowest BCUT2D eigenvalue weighted by molar-refractivity contribution is 0.503. The van der Waals surface area contributed by atoms with Crippen LogP contribution in [-0.2, 0) is 6.42 Å². The lowest BCUT2D eigenvalue weighted by atomic mass is 10.0. The van der Waals surface area contributed by atoms with E-state index in [1.54, 1.807) is 11.3 Å². The third-order valence-corrected chi connectivity index (χ3v) is 4.89. The second-order valence-corrected chi connectivity index (χ2v) is 6.44. The van der Waals surface area contributed by atoms with Crippen LogP contribution in [0.5, 0.6) is 0 Å². The molecular weight excluding hydrogens is 312 g/mol. The van der Waals surface area contributed by atoms with Crippen molar-refractivity contribution in [2.75, 3.05) is 6.54 Å². The normalized spacial score (nSPS) is 12.6. The highest BCUT2D eigenvalue weighted by Crippen LogP contribution is 2.34. The van der Waals surface area contributed by atoms with Crippen LogP contribution in [-0.4, -0.2) is 6.54 Å². The number of hydrogen-bond donors (Lipinski definition) is 1. The number of nitrogens with one attached hydrogen (secondary N) is 1. The van der Waals surface area contributed by atoms with E-state index in [0.29, 0.717) is 5.56 Å². The SMILES string of the molecule is CCCNC(c1ccc(CC)s1)c1cc(F)c(F)cc1Cl. The van der Waals surface area contributed by atoms with Gasteiger partial charge in [-0.25, -0.2) is 8.78 Å². The van der Waals surface area contributed by atoms with Gasteiger partial charge in [0, 0.05) is 14.8 Å². The van der Waals surface area contributed by atoms with E-state index in [2.05, 4.69) is 25.2 Å². The van der Waals surface area contributed by atoms with Crippen LogP contribution < -0.4 is 5.32 Å². The van der Waals surface area contributed by atoms with E-state index >= 15 is 0 Å². The van der Waals surface area contributed by atoms with E-state index in [1.165, 1.54) is 10.9 Å². The van der Waals surface area contributed by atoms with E-state index in [1.807, 2.05) is 6.07 Å². The fourth-order valence-electron chi connectivity index (χ4n) is 2.15. The Labute approximate surface area is 133 Å². The second kappa shape index (κ2) is 7.34. The molecule has 0 saturated heterocycles. The van der Waals surface area contributed by atoms with Crippen molar-refractivity contribution in [3.8, 4) is 0 Å². The quantitative estimate of drug-likeness (QED) is 0.706. The average molecular weight is 330 g/mol. The molecule has 1 atom stereocenters. The fraction of sp³-hybridized carbons (Fsp3) is 0.375. The summed E-state index contributed by atoms with van der Waals surface area (Å²) in [7, 11) is 0. The van der Waals surface area contributed by atoms with Crippen LogP contribution in [0.15, 0.2) is 24.3 Å². The Kier molecular flexibility index (Phi) is 5.73. The molecule has 114 valence electrons. The largest absolute Gasteiger partial charge is 0.306 e. The van der Waals surface area contributed by atoms with Gasteiger partial charge in [-0.2, -0.15) is 0 Å². The molecule has 0 saturated carbocycles. The molecule has 1 unspecified atom stereocenters. The summed E-state index contributed by atoms with van der Waals surface area (Å²) in [6.07, 6.45) is 1.90. The summed E-state index contributed by atoms with van der Waals surface area (Å²) >= 11 is 7.79. The minimum atomic E-state index is -0.918. The van der Waals surface area contributed by atoms with E-state index in [-0.39, 0.29) is 11.1 Å². The Balaban J connectivity index is 2.42. The van der Waals surface area contributed by atoms with Crippen molar-refractivity contribution < 1.29 is 8.78 Å². The van der Waals surface area contributed by atoms with Crippen LogP contribution in [0.2, 0.25) is 5.02 Å². The first kappa shape index (κ1) is 16.4. The van der Waals surface area contributed by atoms with E-state index in [0.717, 1.165) is 30.3 Å². The Morgan fingerprint density at radius 1 is 1.19 bits per heavy atom. The van der Waals surface area contributed by atoms with Crippen molar-refractivity contribution in [3.63, 3.8) is 0 Å². The molecule has 1 nitrogen and oxygen atoms in total. The smallest absolute Gasteiger partial charge is 0.160 e. The van der Waals surface area contributed by atoms with Crippen molar-refractivity contribution in [1.29, 1.82) is 0 Å². The standard InChI is InChI=1S/C16H18ClF2NS/c1-3-7-20-16(15-6-5-10(4-2)21-15)11-8-13(18)14(19)9-12(11)17/h5-6,8-9,16,20H,3-4,7H2,1-2H3. The minimum absolute atomic E-state index is 0.210. The molecule has 0 bridgehead atoms. The van der Waals surface area contributed by atoms with E-state index in [9.17, 15) is 8.78 Å². The first-order chi connectivity index (χ1) is 10.1. The van der Waals surface area contributed by atoms with Crippen LogP contribution in [0.3, 0.4) is 0 Å². The molecule has 1 N–H and O–H groups in total. The molecule has 0 fully saturated rings. The summed E-state index contributed by atoms with van der Waals surface area (Å²) in [4.78, 5) is 2.32. The number of rotatable bonds is 6. The molecule has 1 aromatic carbocycles. The maximum Gasteiger partial charge on any atom is 0.160 e. The molecule has 21 heavy (non-hydrogen) atoms. The van der Waals surface area contributed by atoms with Crippen molar-refractivity contribution in [3.05, 3.63) is 56.2 Å². The maximum absolute atomic E-state index is 13.6. The average Bonchev–Trinajstić information content (AvgIpc) is 2.93. The molecule has 0 aliphatic carbocycles. The molecule has 5 heteroatoms. The summed E-state index contributed by atoms with van der Waals surface area (Å²) < 4.78 is 26.8. The minimum Gasteiger partial charge on any atom is -0.306 e. The summed E-state index contributed by atoms with van der Waals surface area (Å²) in [5.74, 6) is -1.79. The summed E-state index contributed by atoms with van der Waals surface area (Å²) in [5, 5.41) is 3.61. The number of aryl methyl sites for hydroxylation is 1. The Morgan fingerprint density at radius 3 is 2.52 bits per heavy atom.